The number of nitrogens with zero attached hydrogens (tertiary/aromatic N) is 2. The summed E-state index contributed by atoms with van der Waals surface area (Å²) in [5.41, 5.74) is 3.02. The molecule has 0 aliphatic carbocycles. The lowest BCUT2D eigenvalue weighted by molar-refractivity contribution is 1.26. The molecular formula is C11H8Cl2N2. The SMILES string of the molecule is ClCc1cc(Cl)ncc1-c1ccncc1. The Labute approximate surface area is 97.9 Å². The number of aromatic nitrogens is 2. The summed E-state index contributed by atoms with van der Waals surface area (Å²) in [6.07, 6.45) is 5.21. The van der Waals surface area contributed by atoms with Crippen LogP contribution in [0.15, 0.2) is 36.8 Å². The highest BCUT2D eigenvalue weighted by Crippen LogP contribution is 2.25. The third-order valence-electron chi connectivity index (χ3n) is 2.09. The van der Waals surface area contributed by atoms with E-state index in [2.05, 4.69) is 9.97 Å². The van der Waals surface area contributed by atoms with Crippen LogP contribution in [0.3, 0.4) is 0 Å². The maximum absolute atomic E-state index is 5.85. The summed E-state index contributed by atoms with van der Waals surface area (Å²) in [7, 11) is 0. The van der Waals surface area contributed by atoms with Gasteiger partial charge in [-0.1, -0.05) is 11.6 Å². The number of rotatable bonds is 2. The lowest BCUT2D eigenvalue weighted by atomic mass is 10.0. The van der Waals surface area contributed by atoms with Gasteiger partial charge in [-0.05, 0) is 29.3 Å². The molecule has 0 saturated carbocycles. The van der Waals surface area contributed by atoms with Crippen molar-refractivity contribution in [3.8, 4) is 11.1 Å². The molecule has 0 saturated heterocycles. The maximum Gasteiger partial charge on any atom is 0.129 e. The molecule has 76 valence electrons. The van der Waals surface area contributed by atoms with E-state index in [4.69, 9.17) is 23.2 Å². The fourth-order valence-corrected chi connectivity index (χ4v) is 1.77. The Morgan fingerprint density at radius 3 is 2.60 bits per heavy atom. The van der Waals surface area contributed by atoms with Gasteiger partial charge in [-0.2, -0.15) is 0 Å². The van der Waals surface area contributed by atoms with Gasteiger partial charge in [0.05, 0.1) is 0 Å². The number of alkyl halides is 1. The summed E-state index contributed by atoms with van der Waals surface area (Å²) in [4.78, 5) is 8.01. The molecule has 2 aromatic heterocycles. The predicted octanol–water partition coefficient (Wildman–Crippen LogP) is 3.54. The maximum atomic E-state index is 5.85. The lowest BCUT2D eigenvalue weighted by Gasteiger charge is -2.06. The van der Waals surface area contributed by atoms with E-state index in [9.17, 15) is 0 Å². The number of pyridine rings is 2. The summed E-state index contributed by atoms with van der Waals surface area (Å²) >= 11 is 11.7. The van der Waals surface area contributed by atoms with Crippen molar-refractivity contribution in [2.45, 2.75) is 5.88 Å². The first-order chi connectivity index (χ1) is 7.31. The van der Waals surface area contributed by atoms with E-state index in [0.29, 0.717) is 11.0 Å². The summed E-state index contributed by atoms with van der Waals surface area (Å²) < 4.78 is 0. The second-order valence-corrected chi connectivity index (χ2v) is 3.69. The van der Waals surface area contributed by atoms with E-state index in [0.717, 1.165) is 16.7 Å². The van der Waals surface area contributed by atoms with Crippen molar-refractivity contribution in [2.24, 2.45) is 0 Å². The Kier molecular flexibility index (Phi) is 3.19. The van der Waals surface area contributed by atoms with Crippen LogP contribution in [0.5, 0.6) is 0 Å². The largest absolute Gasteiger partial charge is 0.265 e. The fourth-order valence-electron chi connectivity index (χ4n) is 1.37. The predicted molar refractivity (Wildman–Crippen MR) is 62.0 cm³/mol. The zero-order chi connectivity index (χ0) is 10.7. The lowest BCUT2D eigenvalue weighted by Crippen LogP contribution is -1.89. The average molecular weight is 239 g/mol. The van der Waals surface area contributed by atoms with E-state index in [1.54, 1.807) is 24.7 Å². The van der Waals surface area contributed by atoms with Crippen molar-refractivity contribution in [2.75, 3.05) is 0 Å². The highest BCUT2D eigenvalue weighted by Gasteiger charge is 2.05. The summed E-state index contributed by atoms with van der Waals surface area (Å²) in [6, 6.07) is 5.62. The molecule has 0 bridgehead atoms. The van der Waals surface area contributed by atoms with Crippen LogP contribution in [0.4, 0.5) is 0 Å². The van der Waals surface area contributed by atoms with Crippen LogP contribution in [0, 0.1) is 0 Å². The van der Waals surface area contributed by atoms with Crippen molar-refractivity contribution in [3.63, 3.8) is 0 Å². The van der Waals surface area contributed by atoms with Crippen molar-refractivity contribution in [1.82, 2.24) is 9.97 Å². The minimum atomic E-state index is 0.417. The van der Waals surface area contributed by atoms with Gasteiger partial charge in [-0.3, -0.25) is 4.98 Å². The van der Waals surface area contributed by atoms with E-state index in [-0.39, 0.29) is 0 Å². The smallest absolute Gasteiger partial charge is 0.129 e. The van der Waals surface area contributed by atoms with E-state index in [1.807, 2.05) is 12.1 Å². The van der Waals surface area contributed by atoms with Crippen molar-refractivity contribution < 1.29 is 0 Å². The zero-order valence-electron chi connectivity index (χ0n) is 7.82. The van der Waals surface area contributed by atoms with Crippen LogP contribution in [0.2, 0.25) is 5.15 Å². The zero-order valence-corrected chi connectivity index (χ0v) is 9.33. The first-order valence-electron chi connectivity index (χ1n) is 4.42. The number of halogens is 2. The molecule has 0 aliphatic rings. The van der Waals surface area contributed by atoms with Crippen LogP contribution < -0.4 is 0 Å². The molecule has 0 spiro atoms. The molecule has 0 N–H and O–H groups in total. The molecule has 2 aromatic rings. The molecule has 2 nitrogen and oxygen atoms in total. The Morgan fingerprint density at radius 2 is 1.93 bits per heavy atom. The Balaban J connectivity index is 2.53. The first kappa shape index (κ1) is 10.4. The molecule has 2 heterocycles. The molecule has 0 aromatic carbocycles. The minimum absolute atomic E-state index is 0.417. The number of hydrogen-bond donors (Lipinski definition) is 0. The van der Waals surface area contributed by atoms with E-state index < -0.39 is 0 Å². The van der Waals surface area contributed by atoms with Gasteiger partial charge in [0.2, 0.25) is 0 Å². The van der Waals surface area contributed by atoms with Crippen LogP contribution in [-0.4, -0.2) is 9.97 Å². The van der Waals surface area contributed by atoms with Gasteiger partial charge in [0.25, 0.3) is 0 Å². The van der Waals surface area contributed by atoms with Crippen LogP contribution in [0.25, 0.3) is 11.1 Å². The molecule has 0 radical (unpaired) electrons. The minimum Gasteiger partial charge on any atom is -0.265 e. The molecule has 0 fully saturated rings. The molecule has 0 amide bonds. The first-order valence-corrected chi connectivity index (χ1v) is 5.33. The monoisotopic (exact) mass is 238 g/mol. The van der Waals surface area contributed by atoms with Gasteiger partial charge in [0.1, 0.15) is 5.15 Å². The fraction of sp³-hybridized carbons (Fsp3) is 0.0909. The molecule has 4 heteroatoms. The van der Waals surface area contributed by atoms with E-state index in [1.165, 1.54) is 0 Å². The molecule has 0 aliphatic heterocycles. The quantitative estimate of drug-likeness (QED) is 0.591. The normalized spacial score (nSPS) is 10.3. The van der Waals surface area contributed by atoms with Crippen LogP contribution in [-0.2, 0) is 5.88 Å². The summed E-state index contributed by atoms with van der Waals surface area (Å²) in [6.45, 7) is 0. The molecule has 2 rings (SSSR count). The van der Waals surface area contributed by atoms with Gasteiger partial charge in [0.15, 0.2) is 0 Å². The second-order valence-electron chi connectivity index (χ2n) is 3.03. The molecular weight excluding hydrogens is 231 g/mol. The van der Waals surface area contributed by atoms with Crippen molar-refractivity contribution >= 4 is 23.2 Å². The van der Waals surface area contributed by atoms with Gasteiger partial charge in [0, 0.05) is 30.0 Å². The van der Waals surface area contributed by atoms with E-state index >= 15 is 0 Å². The van der Waals surface area contributed by atoms with Gasteiger partial charge >= 0.3 is 0 Å². The Morgan fingerprint density at radius 1 is 1.20 bits per heavy atom. The molecule has 15 heavy (non-hydrogen) atoms. The third-order valence-corrected chi connectivity index (χ3v) is 2.59. The van der Waals surface area contributed by atoms with Gasteiger partial charge in [-0.15, -0.1) is 11.6 Å². The summed E-state index contributed by atoms with van der Waals surface area (Å²) in [5.74, 6) is 0.417. The number of hydrogen-bond acceptors (Lipinski definition) is 2. The average Bonchev–Trinajstić information content (AvgIpc) is 2.30. The van der Waals surface area contributed by atoms with Crippen LogP contribution >= 0.6 is 23.2 Å². The summed E-state index contributed by atoms with van der Waals surface area (Å²) in [5, 5.41) is 0.462. The molecule has 0 atom stereocenters. The highest BCUT2D eigenvalue weighted by molar-refractivity contribution is 6.29. The van der Waals surface area contributed by atoms with Gasteiger partial charge in [-0.25, -0.2) is 4.98 Å². The van der Waals surface area contributed by atoms with Gasteiger partial charge < -0.3 is 0 Å². The van der Waals surface area contributed by atoms with Crippen LogP contribution in [0.1, 0.15) is 5.56 Å². The Bertz CT molecular complexity index is 457. The standard InChI is InChI=1S/C11H8Cl2N2/c12-6-9-5-11(13)15-7-10(9)8-1-3-14-4-2-8/h1-5,7H,6H2. The van der Waals surface area contributed by atoms with Crippen molar-refractivity contribution in [3.05, 3.63) is 47.5 Å². The Hall–Kier alpha value is -1.12. The molecule has 0 unspecified atom stereocenters. The topological polar surface area (TPSA) is 25.8 Å². The van der Waals surface area contributed by atoms with Crippen molar-refractivity contribution in [1.29, 1.82) is 0 Å². The highest BCUT2D eigenvalue weighted by atomic mass is 35.5. The second kappa shape index (κ2) is 4.60. The third kappa shape index (κ3) is 2.28.